The van der Waals surface area contributed by atoms with Gasteiger partial charge in [0, 0.05) is 25.7 Å². The van der Waals surface area contributed by atoms with E-state index in [-0.39, 0.29) is 42.8 Å². The van der Waals surface area contributed by atoms with E-state index in [1.54, 1.807) is 0 Å². The van der Waals surface area contributed by atoms with Crippen LogP contribution in [0, 0.1) is 12.8 Å². The van der Waals surface area contributed by atoms with Crippen molar-refractivity contribution in [3.8, 4) is 0 Å². The van der Waals surface area contributed by atoms with Gasteiger partial charge in [0.25, 0.3) is 0 Å². The van der Waals surface area contributed by atoms with E-state index in [1.807, 2.05) is 19.1 Å². The predicted octanol–water partition coefficient (Wildman–Crippen LogP) is 2.84. The smallest absolute Gasteiger partial charge is 0.237 e. The first-order valence-corrected chi connectivity index (χ1v) is 10.1. The highest BCUT2D eigenvalue weighted by Crippen LogP contribution is 2.33. The zero-order valence-electron chi connectivity index (χ0n) is 16.5. The maximum atomic E-state index is 12.8. The van der Waals surface area contributed by atoms with Crippen LogP contribution in [0.5, 0.6) is 0 Å². The summed E-state index contributed by atoms with van der Waals surface area (Å²) in [6.07, 6.45) is 6.08. The number of aryl methyl sites for hydroxylation is 1. The summed E-state index contributed by atoms with van der Waals surface area (Å²) in [5.41, 5.74) is 0. The van der Waals surface area contributed by atoms with Crippen LogP contribution in [0.15, 0.2) is 16.5 Å². The minimum absolute atomic E-state index is 0. The van der Waals surface area contributed by atoms with Crippen LogP contribution in [0.2, 0.25) is 0 Å². The fourth-order valence-electron chi connectivity index (χ4n) is 4.77. The van der Waals surface area contributed by atoms with E-state index in [9.17, 15) is 4.79 Å². The Hall–Kier alpha value is -0.790. The van der Waals surface area contributed by atoms with E-state index in [0.717, 1.165) is 44.2 Å². The highest BCUT2D eigenvalue weighted by Gasteiger charge is 2.38. The molecule has 160 valence electrons. The molecule has 3 aliphatic rings. The van der Waals surface area contributed by atoms with E-state index < -0.39 is 0 Å². The normalized spacial score (nSPS) is 28.5. The summed E-state index contributed by atoms with van der Waals surface area (Å²) in [7, 11) is 0. The van der Waals surface area contributed by atoms with Gasteiger partial charge in [-0.15, -0.1) is 24.8 Å². The lowest BCUT2D eigenvalue weighted by Gasteiger charge is -2.33. The zero-order valence-corrected chi connectivity index (χ0v) is 18.2. The second kappa shape index (κ2) is 10.8. The second-order valence-electron chi connectivity index (χ2n) is 7.96. The number of carbonyl (C=O) groups is 1. The van der Waals surface area contributed by atoms with Gasteiger partial charge >= 0.3 is 0 Å². The SMILES string of the molecule is Cc1ccc(C(CNC(=O)C2CC3CCCCC3N2)N2CCOCC2)o1.Cl.Cl. The Balaban J connectivity index is 0.00000140. The third kappa shape index (κ3) is 5.42. The lowest BCUT2D eigenvalue weighted by Crippen LogP contribution is -2.47. The number of furan rings is 1. The third-order valence-corrected chi connectivity index (χ3v) is 6.22. The van der Waals surface area contributed by atoms with Crippen LogP contribution in [0.25, 0.3) is 0 Å². The van der Waals surface area contributed by atoms with Crippen molar-refractivity contribution in [1.82, 2.24) is 15.5 Å². The molecule has 0 radical (unpaired) electrons. The molecule has 0 spiro atoms. The fraction of sp³-hybridized carbons (Fsp3) is 0.750. The van der Waals surface area contributed by atoms with Gasteiger partial charge in [0.1, 0.15) is 11.5 Å². The number of nitrogens with zero attached hydrogens (tertiary/aromatic N) is 1. The van der Waals surface area contributed by atoms with Crippen molar-refractivity contribution in [2.45, 2.75) is 57.2 Å². The summed E-state index contributed by atoms with van der Waals surface area (Å²) >= 11 is 0. The molecule has 4 unspecified atom stereocenters. The van der Waals surface area contributed by atoms with Crippen LogP contribution in [-0.2, 0) is 9.53 Å². The summed E-state index contributed by atoms with van der Waals surface area (Å²) in [5, 5.41) is 6.77. The number of fused-ring (bicyclic) bond motifs is 1. The summed E-state index contributed by atoms with van der Waals surface area (Å²) in [4.78, 5) is 15.1. The van der Waals surface area contributed by atoms with Gasteiger partial charge in [0.15, 0.2) is 0 Å². The molecule has 1 aliphatic carbocycles. The monoisotopic (exact) mass is 433 g/mol. The number of amides is 1. The number of hydrogen-bond donors (Lipinski definition) is 2. The van der Waals surface area contributed by atoms with Crippen molar-refractivity contribution in [3.63, 3.8) is 0 Å². The Morgan fingerprint density at radius 1 is 1.25 bits per heavy atom. The van der Waals surface area contributed by atoms with Gasteiger partial charge in [-0.1, -0.05) is 12.8 Å². The molecule has 1 aromatic heterocycles. The van der Waals surface area contributed by atoms with Crippen molar-refractivity contribution >= 4 is 30.7 Å². The minimum atomic E-state index is -0.0354. The van der Waals surface area contributed by atoms with Crippen LogP contribution in [0.1, 0.15) is 49.7 Å². The zero-order chi connectivity index (χ0) is 17.9. The van der Waals surface area contributed by atoms with E-state index in [2.05, 4.69) is 15.5 Å². The number of morpholine rings is 1. The number of ether oxygens (including phenoxy) is 1. The number of hydrogen-bond acceptors (Lipinski definition) is 5. The molecule has 2 aliphatic heterocycles. The summed E-state index contributed by atoms with van der Waals surface area (Å²) < 4.78 is 11.4. The Bertz CT molecular complexity index is 608. The Morgan fingerprint density at radius 2 is 2.00 bits per heavy atom. The summed E-state index contributed by atoms with van der Waals surface area (Å²) in [6, 6.07) is 4.60. The highest BCUT2D eigenvalue weighted by atomic mass is 35.5. The third-order valence-electron chi connectivity index (χ3n) is 6.22. The first-order chi connectivity index (χ1) is 12.7. The highest BCUT2D eigenvalue weighted by molar-refractivity contribution is 5.85. The predicted molar refractivity (Wildman–Crippen MR) is 113 cm³/mol. The Morgan fingerprint density at radius 3 is 2.68 bits per heavy atom. The van der Waals surface area contributed by atoms with Crippen molar-refractivity contribution < 1.29 is 13.9 Å². The average molecular weight is 434 g/mol. The molecule has 3 heterocycles. The molecule has 4 rings (SSSR count). The summed E-state index contributed by atoms with van der Waals surface area (Å²) in [5.74, 6) is 2.66. The average Bonchev–Trinajstić information content (AvgIpc) is 3.29. The minimum Gasteiger partial charge on any atom is -0.465 e. The number of rotatable bonds is 5. The quantitative estimate of drug-likeness (QED) is 0.746. The molecule has 0 aromatic carbocycles. The molecule has 0 bridgehead atoms. The molecule has 6 nitrogen and oxygen atoms in total. The topological polar surface area (TPSA) is 66.7 Å². The molecule has 3 fully saturated rings. The molecular weight excluding hydrogens is 401 g/mol. The first-order valence-electron chi connectivity index (χ1n) is 10.1. The standard InChI is InChI=1S/C20H31N3O3.2ClH/c1-14-6-7-19(26-14)18(23-8-10-25-11-9-23)13-21-20(24)17-12-15-4-2-3-5-16(15)22-17;;/h6-7,15-18,22H,2-5,8-13H2,1H3,(H,21,24);2*1H. The molecule has 1 saturated carbocycles. The van der Waals surface area contributed by atoms with Crippen molar-refractivity contribution in [1.29, 1.82) is 0 Å². The van der Waals surface area contributed by atoms with Gasteiger partial charge in [0.05, 0.1) is 25.3 Å². The molecule has 8 heteroatoms. The first kappa shape index (κ1) is 23.5. The molecule has 2 N–H and O–H groups in total. The second-order valence-corrected chi connectivity index (χ2v) is 7.96. The van der Waals surface area contributed by atoms with Crippen molar-refractivity contribution in [3.05, 3.63) is 23.7 Å². The molecule has 1 aromatic rings. The molecule has 28 heavy (non-hydrogen) atoms. The Kier molecular flexibility index (Phi) is 9.09. The van der Waals surface area contributed by atoms with Gasteiger partial charge in [-0.05, 0) is 44.2 Å². The number of nitrogens with one attached hydrogen (secondary N) is 2. The fourth-order valence-corrected chi connectivity index (χ4v) is 4.77. The van der Waals surface area contributed by atoms with Crippen LogP contribution in [0.3, 0.4) is 0 Å². The van der Waals surface area contributed by atoms with E-state index in [4.69, 9.17) is 9.15 Å². The van der Waals surface area contributed by atoms with Gasteiger partial charge in [0.2, 0.25) is 5.91 Å². The van der Waals surface area contributed by atoms with E-state index >= 15 is 0 Å². The van der Waals surface area contributed by atoms with E-state index in [1.165, 1.54) is 25.7 Å². The molecular formula is C20H33Cl2N3O3. The van der Waals surface area contributed by atoms with Crippen LogP contribution in [-0.4, -0.2) is 55.7 Å². The Labute approximate surface area is 179 Å². The lowest BCUT2D eigenvalue weighted by molar-refractivity contribution is -0.123. The van der Waals surface area contributed by atoms with Crippen molar-refractivity contribution in [2.24, 2.45) is 5.92 Å². The maximum absolute atomic E-state index is 12.8. The maximum Gasteiger partial charge on any atom is 0.237 e. The molecule has 4 atom stereocenters. The van der Waals surface area contributed by atoms with Crippen LogP contribution >= 0.6 is 24.8 Å². The van der Waals surface area contributed by atoms with Crippen LogP contribution in [0.4, 0.5) is 0 Å². The summed E-state index contributed by atoms with van der Waals surface area (Å²) in [6.45, 7) is 5.75. The lowest BCUT2D eigenvalue weighted by atomic mass is 9.85. The molecule has 2 saturated heterocycles. The van der Waals surface area contributed by atoms with Gasteiger partial charge < -0.3 is 19.8 Å². The van der Waals surface area contributed by atoms with Crippen molar-refractivity contribution in [2.75, 3.05) is 32.8 Å². The van der Waals surface area contributed by atoms with Gasteiger partial charge in [-0.25, -0.2) is 0 Å². The molecule has 1 amide bonds. The van der Waals surface area contributed by atoms with E-state index in [0.29, 0.717) is 18.5 Å². The van der Waals surface area contributed by atoms with Gasteiger partial charge in [-0.3, -0.25) is 9.69 Å². The number of halogens is 2. The van der Waals surface area contributed by atoms with Crippen LogP contribution < -0.4 is 10.6 Å². The number of carbonyl (C=O) groups excluding carboxylic acids is 1. The largest absolute Gasteiger partial charge is 0.465 e. The van der Waals surface area contributed by atoms with Gasteiger partial charge in [-0.2, -0.15) is 0 Å².